The van der Waals surface area contributed by atoms with E-state index in [1.807, 2.05) is 20.8 Å². The third-order valence-electron chi connectivity index (χ3n) is 7.29. The maximum atomic E-state index is 13.2. The van der Waals surface area contributed by atoms with Gasteiger partial charge >= 0.3 is 0 Å². The van der Waals surface area contributed by atoms with Gasteiger partial charge in [0.2, 0.25) is 0 Å². The van der Waals surface area contributed by atoms with Gasteiger partial charge in [0.1, 0.15) is 5.78 Å². The summed E-state index contributed by atoms with van der Waals surface area (Å²) in [5, 5.41) is 21.1. The molecule has 2 N–H and O–H groups in total. The molecule has 1 aliphatic heterocycles. The average Bonchev–Trinajstić information content (AvgIpc) is 2.44. The summed E-state index contributed by atoms with van der Waals surface area (Å²) in [6.45, 7) is 11.9. The van der Waals surface area contributed by atoms with Crippen LogP contribution in [0.2, 0.25) is 0 Å². The van der Waals surface area contributed by atoms with Crippen LogP contribution in [0.15, 0.2) is 12.7 Å². The van der Waals surface area contributed by atoms with E-state index >= 15 is 0 Å². The van der Waals surface area contributed by atoms with Gasteiger partial charge in [-0.05, 0) is 32.1 Å². The van der Waals surface area contributed by atoms with Crippen LogP contribution in [0.4, 0.5) is 0 Å². The molecular weight excluding hydrogens is 304 g/mol. The molecule has 3 rings (SSSR count). The van der Waals surface area contributed by atoms with Crippen LogP contribution in [0.5, 0.6) is 0 Å². The highest BCUT2D eigenvalue weighted by Crippen LogP contribution is 2.64. The zero-order valence-corrected chi connectivity index (χ0v) is 15.5. The van der Waals surface area contributed by atoms with Gasteiger partial charge in [-0.1, -0.05) is 26.3 Å². The molecule has 0 aromatic carbocycles. The normalized spacial score (nSPS) is 54.8. The molecule has 3 fully saturated rings. The molecule has 4 heteroatoms. The second-order valence-electron chi connectivity index (χ2n) is 9.43. The van der Waals surface area contributed by atoms with E-state index in [0.29, 0.717) is 12.8 Å². The van der Waals surface area contributed by atoms with E-state index < -0.39 is 22.7 Å². The van der Waals surface area contributed by atoms with E-state index in [-0.39, 0.29) is 29.6 Å². The number of carbonyl (C=O) groups excluding carboxylic acids is 1. The molecule has 2 saturated carbocycles. The number of fused-ring (bicyclic) bond motifs is 3. The summed E-state index contributed by atoms with van der Waals surface area (Å²) in [7, 11) is 0. The summed E-state index contributed by atoms with van der Waals surface area (Å²) >= 11 is 0. The van der Waals surface area contributed by atoms with Crippen molar-refractivity contribution in [1.29, 1.82) is 0 Å². The van der Waals surface area contributed by atoms with Gasteiger partial charge in [-0.15, -0.1) is 6.58 Å². The number of ketones is 1. The van der Waals surface area contributed by atoms with Gasteiger partial charge < -0.3 is 14.9 Å². The first-order chi connectivity index (χ1) is 11.0. The van der Waals surface area contributed by atoms with Crippen LogP contribution < -0.4 is 0 Å². The Labute approximate surface area is 145 Å². The van der Waals surface area contributed by atoms with Crippen molar-refractivity contribution in [3.63, 3.8) is 0 Å². The summed E-state index contributed by atoms with van der Waals surface area (Å²) in [6, 6.07) is 0. The fraction of sp³-hybridized carbons (Fsp3) is 0.850. The fourth-order valence-corrected chi connectivity index (χ4v) is 6.65. The largest absolute Gasteiger partial charge is 0.396 e. The first-order valence-electron chi connectivity index (χ1n) is 9.19. The fourth-order valence-electron chi connectivity index (χ4n) is 6.65. The van der Waals surface area contributed by atoms with Gasteiger partial charge in [-0.3, -0.25) is 4.79 Å². The van der Waals surface area contributed by atoms with Gasteiger partial charge in [-0.2, -0.15) is 0 Å². The molecule has 0 amide bonds. The van der Waals surface area contributed by atoms with Gasteiger partial charge in [0.05, 0.1) is 17.3 Å². The van der Waals surface area contributed by atoms with Crippen LogP contribution in [0.1, 0.15) is 59.8 Å². The van der Waals surface area contributed by atoms with Crippen molar-refractivity contribution in [1.82, 2.24) is 0 Å². The lowest BCUT2D eigenvalue weighted by atomic mass is 9.43. The molecule has 3 unspecified atom stereocenters. The van der Waals surface area contributed by atoms with Crippen LogP contribution in [0.25, 0.3) is 0 Å². The number of ether oxygens (including phenoxy) is 1. The van der Waals surface area contributed by atoms with Gasteiger partial charge in [0, 0.05) is 36.7 Å². The topological polar surface area (TPSA) is 66.8 Å². The van der Waals surface area contributed by atoms with Crippen molar-refractivity contribution in [3.8, 4) is 0 Å². The number of rotatable bonds is 2. The number of Topliss-reactive ketones (excluding diaryl/α,β-unsaturated/α-hetero) is 1. The lowest BCUT2D eigenvalue weighted by Crippen LogP contribution is -2.69. The third kappa shape index (κ3) is 2.33. The molecule has 1 heterocycles. The number of hydrogen-bond acceptors (Lipinski definition) is 4. The molecule has 2 aliphatic carbocycles. The van der Waals surface area contributed by atoms with Crippen molar-refractivity contribution in [2.75, 3.05) is 6.61 Å². The second-order valence-corrected chi connectivity index (χ2v) is 9.43. The predicted octanol–water partition coefficient (Wildman–Crippen LogP) is 2.87. The molecule has 0 spiro atoms. The SMILES string of the molecule is C=C[C@]1(C)C[C@H](O)C2[C@]3(C)CCCC(C)(CO)C3C(=O)C[C@]2(C)O1. The molecule has 0 aromatic heterocycles. The minimum atomic E-state index is -0.684. The Kier molecular flexibility index (Phi) is 4.06. The van der Waals surface area contributed by atoms with Crippen LogP contribution in [0.3, 0.4) is 0 Å². The summed E-state index contributed by atoms with van der Waals surface area (Å²) < 4.78 is 6.41. The Morgan fingerprint density at radius 2 is 1.96 bits per heavy atom. The van der Waals surface area contributed by atoms with E-state index in [9.17, 15) is 15.0 Å². The third-order valence-corrected chi connectivity index (χ3v) is 7.29. The first-order valence-corrected chi connectivity index (χ1v) is 9.19. The highest BCUT2D eigenvalue weighted by Gasteiger charge is 2.67. The number of hydrogen-bond donors (Lipinski definition) is 2. The van der Waals surface area contributed by atoms with Crippen molar-refractivity contribution in [2.24, 2.45) is 22.7 Å². The van der Waals surface area contributed by atoms with E-state index in [2.05, 4.69) is 13.5 Å². The first kappa shape index (κ1) is 18.1. The van der Waals surface area contributed by atoms with Gasteiger partial charge in [0.25, 0.3) is 0 Å². The molecule has 3 aliphatic rings. The molecular formula is C20H32O4. The van der Waals surface area contributed by atoms with Crippen molar-refractivity contribution in [3.05, 3.63) is 12.7 Å². The maximum absolute atomic E-state index is 13.2. The number of aliphatic hydroxyl groups is 2. The quantitative estimate of drug-likeness (QED) is 0.761. The molecule has 136 valence electrons. The Hall–Kier alpha value is -0.710. The van der Waals surface area contributed by atoms with Gasteiger partial charge in [0.15, 0.2) is 0 Å². The van der Waals surface area contributed by atoms with Crippen LogP contribution in [0, 0.1) is 22.7 Å². The van der Waals surface area contributed by atoms with E-state index in [1.165, 1.54) is 0 Å². The standard InChI is InChI=1S/C20H32O4/c1-6-18(3)10-13(22)16-19(4)9-7-8-17(2,12-21)15(19)14(23)11-20(16,5)24-18/h6,13,15-16,21-22H,1,7-12H2,2-5H3/t13-,15?,16?,17?,18+,19+,20-/m0/s1. The lowest BCUT2D eigenvalue weighted by molar-refractivity contribution is -0.275. The lowest BCUT2D eigenvalue weighted by Gasteiger charge is -2.65. The summed E-state index contributed by atoms with van der Waals surface area (Å²) in [4.78, 5) is 13.2. The number of carbonyl (C=O) groups is 1. The molecule has 0 radical (unpaired) electrons. The Bertz CT molecular complexity index is 560. The average molecular weight is 336 g/mol. The van der Waals surface area contributed by atoms with E-state index in [4.69, 9.17) is 4.74 Å². The van der Waals surface area contributed by atoms with Crippen molar-refractivity contribution in [2.45, 2.75) is 77.1 Å². The summed E-state index contributed by atoms with van der Waals surface area (Å²) in [5.74, 6) is -0.145. The zero-order chi connectivity index (χ0) is 18.0. The molecule has 7 atom stereocenters. The Balaban J connectivity index is 2.09. The predicted molar refractivity (Wildman–Crippen MR) is 92.5 cm³/mol. The van der Waals surface area contributed by atoms with Crippen LogP contribution in [-0.2, 0) is 9.53 Å². The van der Waals surface area contributed by atoms with Crippen LogP contribution >= 0.6 is 0 Å². The minimum Gasteiger partial charge on any atom is -0.396 e. The molecule has 4 nitrogen and oxygen atoms in total. The van der Waals surface area contributed by atoms with E-state index in [0.717, 1.165) is 19.3 Å². The Morgan fingerprint density at radius 1 is 1.29 bits per heavy atom. The van der Waals surface area contributed by atoms with Crippen molar-refractivity contribution >= 4 is 5.78 Å². The maximum Gasteiger partial charge on any atom is 0.140 e. The Morgan fingerprint density at radius 3 is 2.54 bits per heavy atom. The van der Waals surface area contributed by atoms with Gasteiger partial charge in [-0.25, -0.2) is 0 Å². The zero-order valence-electron chi connectivity index (χ0n) is 15.5. The molecule has 1 saturated heterocycles. The molecule has 0 aromatic rings. The van der Waals surface area contributed by atoms with Crippen LogP contribution in [-0.4, -0.2) is 39.9 Å². The number of aliphatic hydroxyl groups excluding tert-OH is 2. The molecule has 0 bridgehead atoms. The van der Waals surface area contributed by atoms with E-state index in [1.54, 1.807) is 6.08 Å². The summed E-state index contributed by atoms with van der Waals surface area (Å²) in [5.41, 5.74) is -2.04. The minimum absolute atomic E-state index is 0.0176. The molecule has 24 heavy (non-hydrogen) atoms. The summed E-state index contributed by atoms with van der Waals surface area (Å²) in [6.07, 6.45) is 4.74. The highest BCUT2D eigenvalue weighted by molar-refractivity contribution is 5.85. The monoisotopic (exact) mass is 336 g/mol. The highest BCUT2D eigenvalue weighted by atomic mass is 16.5. The second kappa shape index (κ2) is 5.39. The van der Waals surface area contributed by atoms with Crippen molar-refractivity contribution < 1.29 is 19.7 Å². The smallest absolute Gasteiger partial charge is 0.140 e.